The molecule has 1 heterocycles. The maximum atomic E-state index is 10.4. The van der Waals surface area contributed by atoms with E-state index < -0.39 is 0 Å². The van der Waals surface area contributed by atoms with Crippen molar-refractivity contribution in [3.63, 3.8) is 0 Å². The van der Waals surface area contributed by atoms with E-state index in [2.05, 4.69) is 39.5 Å². The minimum absolute atomic E-state index is 0.258. The van der Waals surface area contributed by atoms with Gasteiger partial charge in [-0.05, 0) is 56.3 Å². The number of aliphatic hydroxyl groups excluding tert-OH is 1. The monoisotopic (exact) mass is 339 g/mol. The quantitative estimate of drug-likeness (QED) is 0.807. The number of hydrogen-bond donors (Lipinski definition) is 1. The largest absolute Gasteiger partial charge is 0.392 e. The molecule has 4 heteroatoms. The van der Waals surface area contributed by atoms with Gasteiger partial charge in [0.2, 0.25) is 0 Å². The molecule has 3 aliphatic rings. The van der Waals surface area contributed by atoms with E-state index in [0.29, 0.717) is 23.5 Å². The van der Waals surface area contributed by atoms with Crippen molar-refractivity contribution in [2.24, 2.45) is 16.7 Å². The van der Waals surface area contributed by atoms with Gasteiger partial charge < -0.3 is 14.6 Å². The van der Waals surface area contributed by atoms with Gasteiger partial charge in [-0.15, -0.1) is 0 Å². The number of rotatable bonds is 6. The van der Waals surface area contributed by atoms with Crippen LogP contribution in [-0.4, -0.2) is 60.7 Å². The van der Waals surface area contributed by atoms with Gasteiger partial charge in [0.05, 0.1) is 24.4 Å². The van der Waals surface area contributed by atoms with Gasteiger partial charge in [-0.25, -0.2) is 0 Å². The lowest BCUT2D eigenvalue weighted by Crippen LogP contribution is -2.48. The molecule has 2 saturated carbocycles. The molecule has 3 rings (SSSR count). The van der Waals surface area contributed by atoms with E-state index in [1.54, 1.807) is 0 Å². The third-order valence-corrected chi connectivity index (χ3v) is 7.45. The van der Waals surface area contributed by atoms with E-state index in [9.17, 15) is 5.11 Å². The molecule has 0 unspecified atom stereocenters. The molecule has 0 amide bonds. The average Bonchev–Trinajstić information content (AvgIpc) is 2.79. The molecule has 4 nitrogen and oxygen atoms in total. The Labute approximate surface area is 147 Å². The number of β-amino-alcohol motifs (C(OH)–C–C–N with tert-alkyl or cyclic N) is 1. The molecule has 0 aromatic carbocycles. The van der Waals surface area contributed by atoms with Gasteiger partial charge in [-0.2, -0.15) is 0 Å². The lowest BCUT2D eigenvalue weighted by molar-refractivity contribution is -0.0825. The smallest absolute Gasteiger partial charge is 0.0689 e. The summed E-state index contributed by atoms with van der Waals surface area (Å²) in [5.41, 5.74) is 0.716. The topological polar surface area (TPSA) is 41.9 Å². The SMILES string of the molecule is C[C@@H]1CN(C[C@H](O)CCO[C@@H]2C[C@@H]3CC[C@]2(C)C3(C)C)C[C@@H](C)O1. The predicted molar refractivity (Wildman–Crippen MR) is 96.0 cm³/mol. The fraction of sp³-hybridized carbons (Fsp3) is 1.00. The van der Waals surface area contributed by atoms with Gasteiger partial charge in [0.15, 0.2) is 0 Å². The highest BCUT2D eigenvalue weighted by atomic mass is 16.5. The van der Waals surface area contributed by atoms with Crippen LogP contribution in [0.15, 0.2) is 0 Å². The van der Waals surface area contributed by atoms with Crippen molar-refractivity contribution >= 4 is 0 Å². The summed E-state index contributed by atoms with van der Waals surface area (Å²) in [4.78, 5) is 2.32. The molecule has 24 heavy (non-hydrogen) atoms. The zero-order valence-electron chi connectivity index (χ0n) is 16.3. The summed E-state index contributed by atoms with van der Waals surface area (Å²) in [6, 6.07) is 0. The van der Waals surface area contributed by atoms with Gasteiger partial charge >= 0.3 is 0 Å². The Morgan fingerprint density at radius 2 is 1.88 bits per heavy atom. The third-order valence-electron chi connectivity index (χ3n) is 7.45. The van der Waals surface area contributed by atoms with Crippen LogP contribution >= 0.6 is 0 Å². The van der Waals surface area contributed by atoms with Crippen LogP contribution in [0.4, 0.5) is 0 Å². The second-order valence-electron chi connectivity index (χ2n) is 9.39. The van der Waals surface area contributed by atoms with Crippen molar-refractivity contribution in [2.45, 2.75) is 84.7 Å². The number of nitrogens with zero attached hydrogens (tertiary/aromatic N) is 1. The first-order chi connectivity index (χ1) is 11.2. The number of ether oxygens (including phenoxy) is 2. The molecule has 0 radical (unpaired) electrons. The highest BCUT2D eigenvalue weighted by Crippen LogP contribution is 2.66. The molecule has 3 fully saturated rings. The first-order valence-corrected chi connectivity index (χ1v) is 9.90. The second kappa shape index (κ2) is 6.86. The van der Waals surface area contributed by atoms with E-state index >= 15 is 0 Å². The Kier molecular flexibility index (Phi) is 5.33. The van der Waals surface area contributed by atoms with Gasteiger partial charge in [0.1, 0.15) is 0 Å². The maximum absolute atomic E-state index is 10.4. The first kappa shape index (κ1) is 18.6. The fourth-order valence-electron chi connectivity index (χ4n) is 5.55. The van der Waals surface area contributed by atoms with Crippen LogP contribution in [0.3, 0.4) is 0 Å². The van der Waals surface area contributed by atoms with E-state index in [4.69, 9.17) is 9.47 Å². The lowest BCUT2D eigenvalue weighted by Gasteiger charge is -2.39. The molecule has 1 aliphatic heterocycles. The third kappa shape index (κ3) is 3.40. The summed E-state index contributed by atoms with van der Waals surface area (Å²) in [6.07, 6.45) is 5.18. The molecule has 0 aromatic heterocycles. The predicted octanol–water partition coefficient (Wildman–Crippen LogP) is 3.08. The zero-order valence-corrected chi connectivity index (χ0v) is 16.3. The van der Waals surface area contributed by atoms with E-state index in [0.717, 1.165) is 32.0 Å². The molecule has 1 saturated heterocycles. The lowest BCUT2D eigenvalue weighted by atomic mass is 9.70. The van der Waals surface area contributed by atoms with Crippen molar-refractivity contribution in [3.8, 4) is 0 Å². The Hall–Kier alpha value is -0.160. The Morgan fingerprint density at radius 3 is 2.42 bits per heavy atom. The summed E-state index contributed by atoms with van der Waals surface area (Å²) in [5, 5.41) is 10.4. The van der Waals surface area contributed by atoms with Crippen molar-refractivity contribution in [1.82, 2.24) is 4.90 Å². The highest BCUT2D eigenvalue weighted by Gasteiger charge is 2.61. The van der Waals surface area contributed by atoms with Crippen LogP contribution in [0.25, 0.3) is 0 Å². The van der Waals surface area contributed by atoms with E-state index in [1.807, 2.05) is 0 Å². The zero-order chi connectivity index (χ0) is 17.5. The summed E-state index contributed by atoms with van der Waals surface area (Å²) in [5.74, 6) is 0.814. The van der Waals surface area contributed by atoms with Gasteiger partial charge in [0.25, 0.3) is 0 Å². The van der Waals surface area contributed by atoms with Crippen LogP contribution in [-0.2, 0) is 9.47 Å². The maximum Gasteiger partial charge on any atom is 0.0689 e. The minimum atomic E-state index is -0.304. The van der Waals surface area contributed by atoms with Crippen LogP contribution in [0, 0.1) is 16.7 Å². The molecule has 0 aromatic rings. The van der Waals surface area contributed by atoms with Crippen LogP contribution in [0.2, 0.25) is 0 Å². The van der Waals surface area contributed by atoms with Gasteiger partial charge in [-0.3, -0.25) is 4.90 Å². The number of aliphatic hydroxyl groups is 1. The number of hydrogen-bond acceptors (Lipinski definition) is 4. The molecular formula is C20H37NO3. The molecule has 0 spiro atoms. The van der Waals surface area contributed by atoms with Crippen molar-refractivity contribution in [3.05, 3.63) is 0 Å². The van der Waals surface area contributed by atoms with Crippen LogP contribution < -0.4 is 0 Å². The molecular weight excluding hydrogens is 302 g/mol. The number of morpholine rings is 1. The number of fused-ring (bicyclic) bond motifs is 2. The standard InChI is InChI=1S/C20H37NO3/c1-14-11-21(12-15(2)24-14)13-17(22)7-9-23-18-10-16-6-8-20(18,5)19(16,3)4/h14-18,22H,6-13H2,1-5H3/t14-,15-,16+,17-,18-,20+/m1/s1. The summed E-state index contributed by atoms with van der Waals surface area (Å²) in [6.45, 7) is 14.7. The molecule has 1 N–H and O–H groups in total. The summed E-state index contributed by atoms with van der Waals surface area (Å²) >= 11 is 0. The Morgan fingerprint density at radius 1 is 1.21 bits per heavy atom. The fourth-order valence-corrected chi connectivity index (χ4v) is 5.55. The normalized spacial score (nSPS) is 43.2. The molecule has 6 atom stereocenters. The molecule has 2 bridgehead atoms. The molecule has 2 aliphatic carbocycles. The summed E-state index contributed by atoms with van der Waals surface area (Å²) in [7, 11) is 0. The average molecular weight is 340 g/mol. The second-order valence-corrected chi connectivity index (χ2v) is 9.39. The Balaban J connectivity index is 1.41. The van der Waals surface area contributed by atoms with Crippen molar-refractivity contribution in [1.29, 1.82) is 0 Å². The Bertz CT molecular complexity index is 431. The minimum Gasteiger partial charge on any atom is -0.392 e. The van der Waals surface area contributed by atoms with Crippen molar-refractivity contribution in [2.75, 3.05) is 26.2 Å². The van der Waals surface area contributed by atoms with Crippen LogP contribution in [0.5, 0.6) is 0 Å². The summed E-state index contributed by atoms with van der Waals surface area (Å²) < 4.78 is 12.0. The van der Waals surface area contributed by atoms with Gasteiger partial charge in [-0.1, -0.05) is 20.8 Å². The molecule has 140 valence electrons. The first-order valence-electron chi connectivity index (χ1n) is 9.90. The van der Waals surface area contributed by atoms with E-state index in [-0.39, 0.29) is 18.3 Å². The van der Waals surface area contributed by atoms with Crippen LogP contribution in [0.1, 0.15) is 60.3 Å². The van der Waals surface area contributed by atoms with Gasteiger partial charge in [0, 0.05) is 26.2 Å². The van der Waals surface area contributed by atoms with Crippen molar-refractivity contribution < 1.29 is 14.6 Å². The highest BCUT2D eigenvalue weighted by molar-refractivity contribution is 5.11. The van der Waals surface area contributed by atoms with E-state index in [1.165, 1.54) is 19.3 Å².